The lowest BCUT2D eigenvalue weighted by molar-refractivity contribution is 0.168. The van der Waals surface area contributed by atoms with E-state index >= 15 is 0 Å². The molecule has 3 nitrogen and oxygen atoms in total. The molecule has 0 bridgehead atoms. The van der Waals surface area contributed by atoms with E-state index in [4.69, 9.17) is 10.5 Å². The molecule has 0 amide bonds. The van der Waals surface area contributed by atoms with Crippen LogP contribution >= 0.6 is 0 Å². The van der Waals surface area contributed by atoms with E-state index in [-0.39, 0.29) is 11.6 Å². The molecule has 0 aromatic heterocycles. The van der Waals surface area contributed by atoms with Crippen LogP contribution in [0.1, 0.15) is 57.6 Å². The van der Waals surface area contributed by atoms with Gasteiger partial charge in [0, 0.05) is 0 Å². The highest BCUT2D eigenvalue weighted by Gasteiger charge is 2.13. The topological polar surface area (TPSA) is 55.5 Å². The Bertz CT molecular complexity index is 406. The monoisotopic (exact) mass is 297 g/mol. The van der Waals surface area contributed by atoms with Crippen LogP contribution in [0.3, 0.4) is 0 Å². The van der Waals surface area contributed by atoms with Gasteiger partial charge >= 0.3 is 0 Å². The Hall–Kier alpha value is -1.13. The van der Waals surface area contributed by atoms with Crippen molar-refractivity contribution in [3.05, 3.63) is 29.6 Å². The van der Waals surface area contributed by atoms with Gasteiger partial charge in [0.1, 0.15) is 0 Å². The summed E-state index contributed by atoms with van der Waals surface area (Å²) in [6, 6.07) is 4.52. The van der Waals surface area contributed by atoms with Crippen LogP contribution in [0.15, 0.2) is 18.2 Å². The van der Waals surface area contributed by atoms with Crippen molar-refractivity contribution in [1.29, 1.82) is 0 Å². The maximum Gasteiger partial charge on any atom is 0.165 e. The molecule has 0 saturated heterocycles. The average molecular weight is 297 g/mol. The summed E-state index contributed by atoms with van der Waals surface area (Å²) in [5.41, 5.74) is 6.09. The maximum absolute atomic E-state index is 13.8. The molecule has 0 aliphatic carbocycles. The molecule has 0 saturated carbocycles. The molecule has 0 spiro atoms. The van der Waals surface area contributed by atoms with Crippen LogP contribution in [0.4, 0.5) is 4.39 Å². The third kappa shape index (κ3) is 6.02. The van der Waals surface area contributed by atoms with Crippen molar-refractivity contribution in [2.24, 2.45) is 11.7 Å². The van der Waals surface area contributed by atoms with Crippen molar-refractivity contribution in [2.75, 3.05) is 13.2 Å². The van der Waals surface area contributed by atoms with Crippen LogP contribution in [-0.4, -0.2) is 18.3 Å². The summed E-state index contributed by atoms with van der Waals surface area (Å²) in [5, 5.41) is 9.92. The van der Waals surface area contributed by atoms with Crippen molar-refractivity contribution >= 4 is 0 Å². The van der Waals surface area contributed by atoms with Gasteiger partial charge in [0.15, 0.2) is 11.6 Å². The molecule has 21 heavy (non-hydrogen) atoms. The first kappa shape index (κ1) is 17.9. The zero-order valence-electron chi connectivity index (χ0n) is 13.1. The first-order valence-electron chi connectivity index (χ1n) is 7.92. The van der Waals surface area contributed by atoms with Crippen LogP contribution < -0.4 is 10.5 Å². The van der Waals surface area contributed by atoms with Gasteiger partial charge in [-0.15, -0.1) is 0 Å². The van der Waals surface area contributed by atoms with Crippen molar-refractivity contribution in [1.82, 2.24) is 0 Å². The van der Waals surface area contributed by atoms with E-state index in [2.05, 4.69) is 13.8 Å². The van der Waals surface area contributed by atoms with Gasteiger partial charge in [-0.1, -0.05) is 32.8 Å². The number of benzene rings is 1. The summed E-state index contributed by atoms with van der Waals surface area (Å²) in [6.07, 6.45) is 4.17. The summed E-state index contributed by atoms with van der Waals surface area (Å²) in [4.78, 5) is 0. The van der Waals surface area contributed by atoms with Gasteiger partial charge in [-0.25, -0.2) is 4.39 Å². The number of nitrogens with two attached hydrogens (primary N) is 1. The van der Waals surface area contributed by atoms with Gasteiger partial charge in [-0.3, -0.25) is 0 Å². The van der Waals surface area contributed by atoms with Gasteiger partial charge in [0.05, 0.1) is 12.7 Å². The lowest BCUT2D eigenvalue weighted by Gasteiger charge is -2.18. The van der Waals surface area contributed by atoms with E-state index in [1.54, 1.807) is 12.1 Å². The van der Waals surface area contributed by atoms with Crippen molar-refractivity contribution in [2.45, 2.75) is 52.1 Å². The summed E-state index contributed by atoms with van der Waals surface area (Å²) in [5.74, 6) is 0.295. The van der Waals surface area contributed by atoms with E-state index in [1.807, 2.05) is 0 Å². The van der Waals surface area contributed by atoms with Crippen LogP contribution in [0, 0.1) is 11.7 Å². The highest BCUT2D eigenvalue weighted by Crippen LogP contribution is 2.25. The van der Waals surface area contributed by atoms with Gasteiger partial charge in [-0.05, 0) is 49.4 Å². The van der Waals surface area contributed by atoms with Crippen LogP contribution in [0.25, 0.3) is 0 Å². The molecule has 0 radical (unpaired) electrons. The number of aliphatic hydroxyl groups excluding tert-OH is 1. The average Bonchev–Trinajstić information content (AvgIpc) is 2.47. The molecule has 3 N–H and O–H groups in total. The first-order chi connectivity index (χ1) is 10.1. The zero-order valence-corrected chi connectivity index (χ0v) is 13.1. The second kappa shape index (κ2) is 9.74. The molecule has 0 unspecified atom stereocenters. The summed E-state index contributed by atoms with van der Waals surface area (Å²) in [6.45, 7) is 5.21. The molecule has 0 aliphatic rings. The van der Waals surface area contributed by atoms with E-state index in [1.165, 1.54) is 6.07 Å². The van der Waals surface area contributed by atoms with E-state index < -0.39 is 6.10 Å². The minimum atomic E-state index is -0.667. The Balaban J connectivity index is 2.70. The molecule has 1 aromatic carbocycles. The smallest absolute Gasteiger partial charge is 0.165 e. The molecular weight excluding hydrogens is 269 g/mol. The number of hydrogen-bond donors (Lipinski definition) is 2. The third-order valence-electron chi connectivity index (χ3n) is 3.65. The summed E-state index contributed by atoms with van der Waals surface area (Å²) in [7, 11) is 0. The fraction of sp³-hybridized carbons (Fsp3) is 0.647. The van der Waals surface area contributed by atoms with E-state index in [0.717, 1.165) is 25.7 Å². The van der Waals surface area contributed by atoms with E-state index in [0.29, 0.717) is 31.1 Å². The Morgan fingerprint density at radius 1 is 1.19 bits per heavy atom. The highest BCUT2D eigenvalue weighted by molar-refractivity contribution is 5.31. The molecule has 1 atom stereocenters. The third-order valence-corrected chi connectivity index (χ3v) is 3.65. The zero-order chi connectivity index (χ0) is 15.7. The SMILES string of the molecule is CCCC(CCC)COc1cc([C@@H](O)CCN)ccc1F. The number of ether oxygens (including phenoxy) is 1. The predicted molar refractivity (Wildman–Crippen MR) is 83.8 cm³/mol. The fourth-order valence-electron chi connectivity index (χ4n) is 2.50. The minimum absolute atomic E-state index is 0.223. The number of hydrogen-bond acceptors (Lipinski definition) is 3. The largest absolute Gasteiger partial charge is 0.490 e. The van der Waals surface area contributed by atoms with Gasteiger partial charge < -0.3 is 15.6 Å². The molecule has 0 aliphatic heterocycles. The quantitative estimate of drug-likeness (QED) is 0.690. The van der Waals surface area contributed by atoms with Gasteiger partial charge in [0.25, 0.3) is 0 Å². The lowest BCUT2D eigenvalue weighted by Crippen LogP contribution is -2.13. The number of halogens is 1. The Kier molecular flexibility index (Phi) is 8.31. The number of rotatable bonds is 10. The van der Waals surface area contributed by atoms with Crippen molar-refractivity contribution in [3.63, 3.8) is 0 Å². The van der Waals surface area contributed by atoms with Crippen molar-refractivity contribution in [3.8, 4) is 5.75 Å². The van der Waals surface area contributed by atoms with Crippen LogP contribution in [-0.2, 0) is 0 Å². The molecule has 0 fully saturated rings. The standard InChI is InChI=1S/C17H28FNO2/c1-3-5-13(6-4-2)12-21-17-11-14(7-8-15(17)18)16(20)9-10-19/h7-8,11,13,16,20H,3-6,9-10,12,19H2,1-2H3/t16-/m0/s1. The van der Waals surface area contributed by atoms with Gasteiger partial charge in [0.2, 0.25) is 0 Å². The predicted octanol–water partition coefficient (Wildman–Crippen LogP) is 3.80. The fourth-order valence-corrected chi connectivity index (χ4v) is 2.50. The molecule has 1 aromatic rings. The number of aliphatic hydroxyl groups is 1. The Morgan fingerprint density at radius 3 is 2.43 bits per heavy atom. The van der Waals surface area contributed by atoms with Crippen LogP contribution in [0.2, 0.25) is 0 Å². The maximum atomic E-state index is 13.8. The molecular formula is C17H28FNO2. The first-order valence-corrected chi connectivity index (χ1v) is 7.92. The Labute approximate surface area is 127 Å². The Morgan fingerprint density at radius 2 is 1.86 bits per heavy atom. The second-order valence-electron chi connectivity index (χ2n) is 5.54. The summed E-state index contributed by atoms with van der Waals surface area (Å²) < 4.78 is 19.5. The minimum Gasteiger partial charge on any atom is -0.490 e. The van der Waals surface area contributed by atoms with Gasteiger partial charge in [-0.2, -0.15) is 0 Å². The second-order valence-corrected chi connectivity index (χ2v) is 5.54. The molecule has 0 heterocycles. The lowest BCUT2D eigenvalue weighted by atomic mass is 9.99. The summed E-state index contributed by atoms with van der Waals surface area (Å²) >= 11 is 0. The van der Waals surface area contributed by atoms with Crippen molar-refractivity contribution < 1.29 is 14.2 Å². The highest BCUT2D eigenvalue weighted by atomic mass is 19.1. The molecule has 120 valence electrons. The van der Waals surface area contributed by atoms with E-state index in [9.17, 15) is 9.50 Å². The normalized spacial score (nSPS) is 12.7. The molecule has 4 heteroatoms. The molecule has 1 rings (SSSR count). The van der Waals surface area contributed by atoms with Crippen LogP contribution in [0.5, 0.6) is 5.75 Å².